The molecule has 2 rings (SSSR count). The fourth-order valence-corrected chi connectivity index (χ4v) is 3.43. The maximum Gasteiger partial charge on any atom is 0.264 e. The van der Waals surface area contributed by atoms with Gasteiger partial charge < -0.3 is 4.74 Å². The molecule has 0 aliphatic carbocycles. The molecule has 1 heterocycles. The van der Waals surface area contributed by atoms with Gasteiger partial charge in [-0.3, -0.25) is 10.1 Å². The van der Waals surface area contributed by atoms with Gasteiger partial charge >= 0.3 is 0 Å². The summed E-state index contributed by atoms with van der Waals surface area (Å²) in [6.45, 7) is 5.92. The maximum absolute atomic E-state index is 11.9. The Morgan fingerprint density at radius 1 is 1.33 bits per heavy atom. The number of aryl methyl sites for hydroxylation is 2. The van der Waals surface area contributed by atoms with E-state index in [0.717, 1.165) is 27.0 Å². The van der Waals surface area contributed by atoms with E-state index in [0.29, 0.717) is 5.13 Å². The molecule has 0 saturated carbocycles. The summed E-state index contributed by atoms with van der Waals surface area (Å²) in [4.78, 5) is 11.9. The third kappa shape index (κ3) is 4.44. The molecule has 0 unspecified atom stereocenters. The monoisotopic (exact) mass is 323 g/mol. The van der Waals surface area contributed by atoms with E-state index in [9.17, 15) is 4.79 Å². The number of benzene rings is 1. The van der Waals surface area contributed by atoms with Crippen molar-refractivity contribution < 1.29 is 9.53 Å². The van der Waals surface area contributed by atoms with E-state index in [1.807, 2.05) is 39.0 Å². The topological polar surface area (TPSA) is 64.1 Å². The number of hydrogen-bond donors (Lipinski definition) is 1. The van der Waals surface area contributed by atoms with Crippen LogP contribution in [-0.4, -0.2) is 28.5 Å². The van der Waals surface area contributed by atoms with Crippen LogP contribution in [0.2, 0.25) is 0 Å². The Bertz CT molecular complexity index is 608. The summed E-state index contributed by atoms with van der Waals surface area (Å²) in [5.41, 5.74) is 2.03. The Kier molecular flexibility index (Phi) is 5.58. The van der Waals surface area contributed by atoms with Crippen LogP contribution in [0.4, 0.5) is 5.13 Å². The molecule has 0 saturated heterocycles. The minimum absolute atomic E-state index is 0.0402. The Labute approximate surface area is 132 Å². The third-order valence-corrected chi connectivity index (χ3v) is 4.53. The molecule has 1 N–H and O–H groups in total. The van der Waals surface area contributed by atoms with Crippen LogP contribution < -0.4 is 10.1 Å². The molecule has 7 heteroatoms. The van der Waals surface area contributed by atoms with Crippen LogP contribution in [-0.2, 0) is 4.79 Å². The van der Waals surface area contributed by atoms with E-state index >= 15 is 0 Å². The molecule has 0 atom stereocenters. The Hall–Kier alpha value is -1.60. The third-order valence-electron chi connectivity index (χ3n) is 2.68. The van der Waals surface area contributed by atoms with Crippen LogP contribution in [0.1, 0.15) is 18.1 Å². The summed E-state index contributed by atoms with van der Waals surface area (Å²) in [5.74, 6) is 1.45. The van der Waals surface area contributed by atoms with Crippen molar-refractivity contribution in [2.75, 3.05) is 17.7 Å². The van der Waals surface area contributed by atoms with Crippen LogP contribution in [0.25, 0.3) is 0 Å². The highest BCUT2D eigenvalue weighted by atomic mass is 32.2. The first-order chi connectivity index (χ1) is 10.1. The van der Waals surface area contributed by atoms with Crippen LogP contribution >= 0.6 is 23.1 Å². The van der Waals surface area contributed by atoms with E-state index in [4.69, 9.17) is 4.74 Å². The normalized spacial score (nSPS) is 10.4. The highest BCUT2D eigenvalue weighted by Gasteiger charge is 2.10. The second kappa shape index (κ2) is 7.42. The van der Waals surface area contributed by atoms with Crippen molar-refractivity contribution in [3.8, 4) is 5.75 Å². The molecule has 112 valence electrons. The van der Waals surface area contributed by atoms with Gasteiger partial charge in [0, 0.05) is 0 Å². The molecular formula is C14H17N3O2S2. The summed E-state index contributed by atoms with van der Waals surface area (Å²) in [6, 6.07) is 5.88. The minimum atomic E-state index is -0.234. The zero-order chi connectivity index (χ0) is 15.2. The first-order valence-corrected chi connectivity index (χ1v) is 8.35. The van der Waals surface area contributed by atoms with Crippen molar-refractivity contribution in [2.45, 2.75) is 25.1 Å². The van der Waals surface area contributed by atoms with Gasteiger partial charge in [0.1, 0.15) is 5.75 Å². The van der Waals surface area contributed by atoms with Gasteiger partial charge in [0.15, 0.2) is 10.9 Å². The number of nitrogens with one attached hydrogen (secondary N) is 1. The highest BCUT2D eigenvalue weighted by molar-refractivity contribution is 8.01. The summed E-state index contributed by atoms with van der Waals surface area (Å²) in [6.07, 6.45) is 0. The SMILES string of the molecule is CCSc1nnc(NC(=O)COc2c(C)cccc2C)s1. The van der Waals surface area contributed by atoms with E-state index in [-0.39, 0.29) is 12.5 Å². The number of anilines is 1. The Morgan fingerprint density at radius 2 is 2.05 bits per heavy atom. The molecule has 1 aromatic heterocycles. The van der Waals surface area contributed by atoms with Crippen molar-refractivity contribution in [2.24, 2.45) is 0 Å². The fourth-order valence-electron chi connectivity index (χ4n) is 1.76. The first kappa shape index (κ1) is 15.8. The largest absolute Gasteiger partial charge is 0.483 e. The number of amides is 1. The molecule has 0 aliphatic rings. The number of carbonyl (C=O) groups is 1. The number of rotatable bonds is 6. The van der Waals surface area contributed by atoms with Gasteiger partial charge in [0.2, 0.25) is 5.13 Å². The van der Waals surface area contributed by atoms with Crippen LogP contribution in [0, 0.1) is 13.8 Å². The average molecular weight is 323 g/mol. The van der Waals surface area contributed by atoms with Crippen molar-refractivity contribution in [3.05, 3.63) is 29.3 Å². The number of carbonyl (C=O) groups excluding carboxylic acids is 1. The van der Waals surface area contributed by atoms with E-state index in [1.54, 1.807) is 11.8 Å². The average Bonchev–Trinajstić information content (AvgIpc) is 2.86. The molecule has 0 fully saturated rings. The molecular weight excluding hydrogens is 306 g/mol. The molecule has 1 amide bonds. The lowest BCUT2D eigenvalue weighted by molar-refractivity contribution is -0.118. The predicted molar refractivity (Wildman–Crippen MR) is 86.3 cm³/mol. The standard InChI is InChI=1S/C14H17N3O2S2/c1-4-20-14-17-16-13(21-14)15-11(18)8-19-12-9(2)6-5-7-10(12)3/h5-7H,4,8H2,1-3H3,(H,15,16,18). The number of hydrogen-bond acceptors (Lipinski definition) is 6. The maximum atomic E-state index is 11.9. The van der Waals surface area contributed by atoms with Crippen LogP contribution in [0.5, 0.6) is 5.75 Å². The molecule has 0 aliphatic heterocycles. The van der Waals surface area contributed by atoms with Gasteiger partial charge in [0.05, 0.1) is 0 Å². The lowest BCUT2D eigenvalue weighted by Crippen LogP contribution is -2.20. The smallest absolute Gasteiger partial charge is 0.264 e. The summed E-state index contributed by atoms with van der Waals surface area (Å²) < 4.78 is 6.45. The molecule has 0 bridgehead atoms. The van der Waals surface area contributed by atoms with Crippen LogP contribution in [0.3, 0.4) is 0 Å². The van der Waals surface area contributed by atoms with Gasteiger partial charge in [-0.2, -0.15) is 0 Å². The lowest BCUT2D eigenvalue weighted by atomic mass is 10.1. The summed E-state index contributed by atoms with van der Waals surface area (Å²) >= 11 is 2.97. The second-order valence-electron chi connectivity index (χ2n) is 4.36. The highest BCUT2D eigenvalue weighted by Crippen LogP contribution is 2.25. The Balaban J connectivity index is 1.90. The van der Waals surface area contributed by atoms with Gasteiger partial charge in [-0.05, 0) is 30.7 Å². The minimum Gasteiger partial charge on any atom is -0.483 e. The molecule has 1 aromatic carbocycles. The molecule has 0 radical (unpaired) electrons. The lowest BCUT2D eigenvalue weighted by Gasteiger charge is -2.11. The van der Waals surface area contributed by atoms with Crippen LogP contribution in [0.15, 0.2) is 22.5 Å². The van der Waals surface area contributed by atoms with E-state index in [2.05, 4.69) is 15.5 Å². The summed E-state index contributed by atoms with van der Waals surface area (Å²) in [7, 11) is 0. The van der Waals surface area contributed by atoms with E-state index in [1.165, 1.54) is 11.3 Å². The van der Waals surface area contributed by atoms with Gasteiger partial charge in [0.25, 0.3) is 5.91 Å². The van der Waals surface area contributed by atoms with Crippen molar-refractivity contribution in [3.63, 3.8) is 0 Å². The van der Waals surface area contributed by atoms with Crippen molar-refractivity contribution in [1.29, 1.82) is 0 Å². The number of para-hydroxylation sites is 1. The fraction of sp³-hybridized carbons (Fsp3) is 0.357. The number of thioether (sulfide) groups is 1. The number of ether oxygens (including phenoxy) is 1. The molecule has 5 nitrogen and oxygen atoms in total. The summed E-state index contributed by atoms with van der Waals surface area (Å²) in [5, 5.41) is 11.1. The predicted octanol–water partition coefficient (Wildman–Crippen LogP) is 3.28. The first-order valence-electron chi connectivity index (χ1n) is 6.55. The zero-order valence-corrected chi connectivity index (χ0v) is 13.8. The molecule has 2 aromatic rings. The second-order valence-corrected chi connectivity index (χ2v) is 6.85. The van der Waals surface area contributed by atoms with Gasteiger partial charge in [-0.15, -0.1) is 10.2 Å². The molecule has 21 heavy (non-hydrogen) atoms. The van der Waals surface area contributed by atoms with Gasteiger partial charge in [-0.25, -0.2) is 0 Å². The Morgan fingerprint density at radius 3 is 2.71 bits per heavy atom. The zero-order valence-electron chi connectivity index (χ0n) is 12.2. The number of aromatic nitrogens is 2. The molecule has 0 spiro atoms. The van der Waals surface area contributed by atoms with Crippen molar-refractivity contribution >= 4 is 34.1 Å². The van der Waals surface area contributed by atoms with Crippen molar-refractivity contribution in [1.82, 2.24) is 10.2 Å². The van der Waals surface area contributed by atoms with Gasteiger partial charge in [-0.1, -0.05) is 48.2 Å². The number of nitrogens with zero attached hydrogens (tertiary/aromatic N) is 2. The quantitative estimate of drug-likeness (QED) is 0.653. The van der Waals surface area contributed by atoms with E-state index < -0.39 is 0 Å².